The molecule has 2 amide bonds. The second-order valence-corrected chi connectivity index (χ2v) is 8.46. The van der Waals surface area contributed by atoms with E-state index in [9.17, 15) is 9.59 Å². The molecule has 5 nitrogen and oxygen atoms in total. The predicted molar refractivity (Wildman–Crippen MR) is 107 cm³/mol. The number of ether oxygens (including phenoxy) is 1. The zero-order chi connectivity index (χ0) is 19.6. The van der Waals surface area contributed by atoms with Gasteiger partial charge in [0.25, 0.3) is 5.91 Å². The van der Waals surface area contributed by atoms with Crippen molar-refractivity contribution in [3.8, 4) is 0 Å². The molecule has 0 radical (unpaired) electrons. The van der Waals surface area contributed by atoms with Crippen molar-refractivity contribution >= 4 is 27.9 Å². The van der Waals surface area contributed by atoms with Crippen molar-refractivity contribution < 1.29 is 14.3 Å². The molecule has 0 bridgehead atoms. The Balaban J connectivity index is 1.82. The standard InChI is InChI=1S/C21H23BrN2O3/c1-21(2,3)27-20(26)23-12-18(14-7-5-4-6-8-14)24-13-15-11-16(22)9-10-17(15)19(24)25/h4-11,18H,12-13H2,1-3H3,(H,23,26). The largest absolute Gasteiger partial charge is 0.444 e. The zero-order valence-electron chi connectivity index (χ0n) is 15.7. The van der Waals surface area contributed by atoms with Crippen molar-refractivity contribution in [2.45, 2.75) is 39.0 Å². The second kappa shape index (κ2) is 7.72. The van der Waals surface area contributed by atoms with Gasteiger partial charge in [0.15, 0.2) is 0 Å². The minimum absolute atomic E-state index is 0.0302. The molecular formula is C21H23BrN2O3. The molecule has 1 unspecified atom stereocenters. The third-order valence-corrected chi connectivity index (χ3v) is 4.79. The van der Waals surface area contributed by atoms with Gasteiger partial charge in [-0.15, -0.1) is 0 Å². The summed E-state index contributed by atoms with van der Waals surface area (Å²) in [6, 6.07) is 15.1. The van der Waals surface area contributed by atoms with Gasteiger partial charge in [-0.1, -0.05) is 46.3 Å². The number of rotatable bonds is 4. The Kier molecular flexibility index (Phi) is 5.56. The van der Waals surface area contributed by atoms with Crippen LogP contribution in [0.2, 0.25) is 0 Å². The van der Waals surface area contributed by atoms with E-state index in [-0.39, 0.29) is 18.5 Å². The predicted octanol–water partition coefficient (Wildman–Crippen LogP) is 4.67. The first-order valence-corrected chi connectivity index (χ1v) is 9.65. The maximum Gasteiger partial charge on any atom is 0.407 e. The molecule has 2 aromatic carbocycles. The number of halogens is 1. The third-order valence-electron chi connectivity index (χ3n) is 4.30. The average Bonchev–Trinajstić information content (AvgIpc) is 2.90. The van der Waals surface area contributed by atoms with Gasteiger partial charge in [-0.3, -0.25) is 4.79 Å². The van der Waals surface area contributed by atoms with Crippen molar-refractivity contribution in [2.24, 2.45) is 0 Å². The number of fused-ring (bicyclic) bond motifs is 1. The number of hydrogen-bond acceptors (Lipinski definition) is 3. The molecule has 1 aliphatic rings. The van der Waals surface area contributed by atoms with Crippen LogP contribution in [0, 0.1) is 0 Å². The van der Waals surface area contributed by atoms with E-state index in [4.69, 9.17) is 4.74 Å². The summed E-state index contributed by atoms with van der Waals surface area (Å²) in [6.45, 7) is 6.24. The molecule has 0 saturated heterocycles. The Morgan fingerprint density at radius 1 is 1.22 bits per heavy atom. The molecule has 0 aliphatic carbocycles. The molecule has 1 N–H and O–H groups in total. The van der Waals surface area contributed by atoms with Crippen LogP contribution in [0.5, 0.6) is 0 Å². The van der Waals surface area contributed by atoms with Crippen LogP contribution in [-0.4, -0.2) is 29.0 Å². The minimum Gasteiger partial charge on any atom is -0.444 e. The number of nitrogens with zero attached hydrogens (tertiary/aromatic N) is 1. The van der Waals surface area contributed by atoms with E-state index < -0.39 is 11.7 Å². The molecule has 0 saturated carbocycles. The van der Waals surface area contributed by atoms with E-state index in [2.05, 4.69) is 21.2 Å². The molecule has 1 aliphatic heterocycles. The van der Waals surface area contributed by atoms with Crippen molar-refractivity contribution in [1.82, 2.24) is 10.2 Å². The van der Waals surface area contributed by atoms with Gasteiger partial charge in [0.1, 0.15) is 5.60 Å². The summed E-state index contributed by atoms with van der Waals surface area (Å²) in [5, 5.41) is 2.81. The van der Waals surface area contributed by atoms with E-state index in [1.807, 2.05) is 69.3 Å². The van der Waals surface area contributed by atoms with E-state index in [0.717, 1.165) is 15.6 Å². The van der Waals surface area contributed by atoms with Crippen LogP contribution >= 0.6 is 15.9 Å². The first-order valence-electron chi connectivity index (χ1n) is 8.86. The Bertz CT molecular complexity index is 846. The number of amides is 2. The van der Waals surface area contributed by atoms with Gasteiger partial charge in [-0.2, -0.15) is 0 Å². The van der Waals surface area contributed by atoms with Gasteiger partial charge in [0, 0.05) is 23.1 Å². The lowest BCUT2D eigenvalue weighted by molar-refractivity contribution is 0.0489. The van der Waals surface area contributed by atoms with Crippen LogP contribution in [0.15, 0.2) is 53.0 Å². The molecule has 2 aromatic rings. The smallest absolute Gasteiger partial charge is 0.407 e. The molecule has 6 heteroatoms. The van der Waals surface area contributed by atoms with Gasteiger partial charge in [-0.25, -0.2) is 4.79 Å². The number of carbonyl (C=O) groups excluding carboxylic acids is 2. The molecule has 0 spiro atoms. The number of carbonyl (C=O) groups is 2. The molecule has 0 fully saturated rings. The fourth-order valence-electron chi connectivity index (χ4n) is 3.14. The van der Waals surface area contributed by atoms with Crippen LogP contribution in [0.1, 0.15) is 48.3 Å². The minimum atomic E-state index is -0.571. The van der Waals surface area contributed by atoms with Crippen molar-refractivity contribution in [3.63, 3.8) is 0 Å². The molecule has 142 valence electrons. The summed E-state index contributed by atoms with van der Waals surface area (Å²) in [7, 11) is 0. The maximum atomic E-state index is 13.0. The van der Waals surface area contributed by atoms with Gasteiger partial charge < -0.3 is 15.0 Å². The van der Waals surface area contributed by atoms with E-state index in [1.165, 1.54) is 0 Å². The van der Waals surface area contributed by atoms with Crippen LogP contribution < -0.4 is 5.32 Å². The monoisotopic (exact) mass is 430 g/mol. The normalized spacial score (nSPS) is 14.7. The molecule has 1 heterocycles. The van der Waals surface area contributed by atoms with Crippen molar-refractivity contribution in [1.29, 1.82) is 0 Å². The SMILES string of the molecule is CC(C)(C)OC(=O)NCC(c1ccccc1)N1Cc2cc(Br)ccc2C1=O. The fourth-order valence-corrected chi connectivity index (χ4v) is 3.55. The number of alkyl carbamates (subject to hydrolysis) is 1. The lowest BCUT2D eigenvalue weighted by atomic mass is 10.1. The quantitative estimate of drug-likeness (QED) is 0.766. The summed E-state index contributed by atoms with van der Waals surface area (Å²) in [6.07, 6.45) is -0.490. The molecule has 1 atom stereocenters. The van der Waals surface area contributed by atoms with Crippen LogP contribution in [0.3, 0.4) is 0 Å². The Morgan fingerprint density at radius 3 is 2.59 bits per heavy atom. The number of nitrogens with one attached hydrogen (secondary N) is 1. The lowest BCUT2D eigenvalue weighted by Crippen LogP contribution is -2.40. The van der Waals surface area contributed by atoms with Crippen LogP contribution in [0.4, 0.5) is 4.79 Å². The Morgan fingerprint density at radius 2 is 1.93 bits per heavy atom. The summed E-state index contributed by atoms with van der Waals surface area (Å²) in [4.78, 5) is 26.9. The summed E-state index contributed by atoms with van der Waals surface area (Å²) < 4.78 is 6.27. The maximum absolute atomic E-state index is 13.0. The van der Waals surface area contributed by atoms with Gasteiger partial charge in [0.05, 0.1) is 6.04 Å². The van der Waals surface area contributed by atoms with E-state index >= 15 is 0 Å². The molecular weight excluding hydrogens is 408 g/mol. The highest BCUT2D eigenvalue weighted by atomic mass is 79.9. The molecule has 3 rings (SSSR count). The number of hydrogen-bond donors (Lipinski definition) is 1. The average molecular weight is 431 g/mol. The number of benzene rings is 2. The lowest BCUT2D eigenvalue weighted by Gasteiger charge is -2.29. The molecule has 27 heavy (non-hydrogen) atoms. The van der Waals surface area contributed by atoms with Crippen molar-refractivity contribution in [3.05, 3.63) is 69.7 Å². The highest BCUT2D eigenvalue weighted by molar-refractivity contribution is 9.10. The highest BCUT2D eigenvalue weighted by Gasteiger charge is 2.34. The summed E-state index contributed by atoms with van der Waals surface area (Å²) in [5.74, 6) is -0.0302. The van der Waals surface area contributed by atoms with Crippen molar-refractivity contribution in [2.75, 3.05) is 6.54 Å². The van der Waals surface area contributed by atoms with Gasteiger partial charge in [-0.05, 0) is 50.1 Å². The van der Waals surface area contributed by atoms with E-state index in [0.29, 0.717) is 12.1 Å². The molecule has 0 aromatic heterocycles. The first kappa shape index (κ1) is 19.4. The van der Waals surface area contributed by atoms with Gasteiger partial charge in [0.2, 0.25) is 0 Å². The summed E-state index contributed by atoms with van der Waals surface area (Å²) >= 11 is 3.46. The Hall–Kier alpha value is -2.34. The topological polar surface area (TPSA) is 58.6 Å². The Labute approximate surface area is 167 Å². The first-order chi connectivity index (χ1) is 12.7. The highest BCUT2D eigenvalue weighted by Crippen LogP contribution is 2.32. The third kappa shape index (κ3) is 4.69. The van der Waals surface area contributed by atoms with E-state index in [1.54, 1.807) is 4.90 Å². The van der Waals surface area contributed by atoms with Gasteiger partial charge >= 0.3 is 6.09 Å². The second-order valence-electron chi connectivity index (χ2n) is 7.54. The summed E-state index contributed by atoms with van der Waals surface area (Å²) in [5.41, 5.74) is 2.08. The van der Waals surface area contributed by atoms with Crippen LogP contribution in [0.25, 0.3) is 0 Å². The zero-order valence-corrected chi connectivity index (χ0v) is 17.2. The van der Waals surface area contributed by atoms with Crippen LogP contribution in [-0.2, 0) is 11.3 Å². The fraction of sp³-hybridized carbons (Fsp3) is 0.333.